The minimum absolute atomic E-state index is 0.289. The Bertz CT molecular complexity index is 357. The lowest BCUT2D eigenvalue weighted by atomic mass is 9.92. The fourth-order valence-electron chi connectivity index (χ4n) is 2.46. The van der Waals surface area contributed by atoms with Crippen molar-refractivity contribution in [3.05, 3.63) is 0 Å². The summed E-state index contributed by atoms with van der Waals surface area (Å²) in [7, 11) is 1.75. The smallest absolute Gasteiger partial charge is 0.410 e. The number of carbonyl (C=O) groups excluding carboxylic acids is 1. The highest BCUT2D eigenvalue weighted by atomic mass is 16.6. The zero-order valence-electron chi connectivity index (χ0n) is 13.6. The summed E-state index contributed by atoms with van der Waals surface area (Å²) in [4.78, 5) is 25.7. The molecule has 0 aromatic heterocycles. The standard InChI is InChI=1S/C15H28N2O4/c1-15(2,3)21-14(20)16(4)9-5-6-12-7-10-17(11-8-12)13(18)19/h12H,5-11H2,1-4H3,(H,18,19). The molecule has 0 unspecified atom stereocenters. The molecule has 2 amide bonds. The third-order valence-corrected chi connectivity index (χ3v) is 3.70. The van der Waals surface area contributed by atoms with Gasteiger partial charge in [0.1, 0.15) is 5.60 Å². The van der Waals surface area contributed by atoms with Gasteiger partial charge < -0.3 is 19.6 Å². The van der Waals surface area contributed by atoms with Gasteiger partial charge in [0, 0.05) is 26.7 Å². The maximum absolute atomic E-state index is 11.8. The molecule has 21 heavy (non-hydrogen) atoms. The second-order valence-electron chi connectivity index (χ2n) is 6.76. The molecule has 0 aromatic carbocycles. The summed E-state index contributed by atoms with van der Waals surface area (Å²) in [6.07, 6.45) is 2.68. The van der Waals surface area contributed by atoms with Crippen LogP contribution in [0, 0.1) is 5.92 Å². The van der Waals surface area contributed by atoms with Crippen LogP contribution in [0.2, 0.25) is 0 Å². The van der Waals surface area contributed by atoms with Crippen LogP contribution in [0.15, 0.2) is 0 Å². The fourth-order valence-corrected chi connectivity index (χ4v) is 2.46. The van der Waals surface area contributed by atoms with Gasteiger partial charge in [-0.2, -0.15) is 0 Å². The first-order valence-corrected chi connectivity index (χ1v) is 7.61. The zero-order valence-corrected chi connectivity index (χ0v) is 13.6. The Kier molecular flexibility index (Phi) is 6.30. The molecule has 1 aliphatic heterocycles. The van der Waals surface area contributed by atoms with E-state index in [-0.39, 0.29) is 6.09 Å². The van der Waals surface area contributed by atoms with E-state index in [1.165, 1.54) is 4.90 Å². The Morgan fingerprint density at radius 2 is 1.86 bits per heavy atom. The zero-order chi connectivity index (χ0) is 16.0. The van der Waals surface area contributed by atoms with Crippen molar-refractivity contribution in [3.63, 3.8) is 0 Å². The minimum atomic E-state index is -0.821. The van der Waals surface area contributed by atoms with Gasteiger partial charge in [-0.15, -0.1) is 0 Å². The summed E-state index contributed by atoms with van der Waals surface area (Å²) in [5.74, 6) is 0.563. The Morgan fingerprint density at radius 3 is 2.33 bits per heavy atom. The van der Waals surface area contributed by atoms with Gasteiger partial charge in [0.25, 0.3) is 0 Å². The predicted octanol–water partition coefficient (Wildman–Crippen LogP) is 3.02. The van der Waals surface area contributed by atoms with Crippen molar-refractivity contribution >= 4 is 12.2 Å². The molecular formula is C15H28N2O4. The number of piperidine rings is 1. The lowest BCUT2D eigenvalue weighted by molar-refractivity contribution is 0.0292. The maximum atomic E-state index is 11.8. The van der Waals surface area contributed by atoms with Gasteiger partial charge in [-0.05, 0) is 52.4 Å². The molecule has 122 valence electrons. The summed E-state index contributed by atoms with van der Waals surface area (Å²) < 4.78 is 5.30. The molecular weight excluding hydrogens is 272 g/mol. The van der Waals surface area contributed by atoms with Crippen molar-refractivity contribution in [2.45, 2.75) is 52.1 Å². The molecule has 1 rings (SSSR count). The predicted molar refractivity (Wildman–Crippen MR) is 80.4 cm³/mol. The van der Waals surface area contributed by atoms with Crippen molar-refractivity contribution < 1.29 is 19.4 Å². The highest BCUT2D eigenvalue weighted by Crippen LogP contribution is 2.22. The number of hydrogen-bond donors (Lipinski definition) is 1. The molecule has 1 heterocycles. The molecule has 1 N–H and O–H groups in total. The van der Waals surface area contributed by atoms with E-state index < -0.39 is 11.7 Å². The van der Waals surface area contributed by atoms with Gasteiger partial charge in [-0.25, -0.2) is 9.59 Å². The van der Waals surface area contributed by atoms with Gasteiger partial charge in [-0.1, -0.05) is 0 Å². The molecule has 6 heteroatoms. The van der Waals surface area contributed by atoms with Crippen LogP contribution in [0.3, 0.4) is 0 Å². The molecule has 1 fully saturated rings. The van der Waals surface area contributed by atoms with E-state index >= 15 is 0 Å². The van der Waals surface area contributed by atoms with E-state index in [1.54, 1.807) is 11.9 Å². The van der Waals surface area contributed by atoms with E-state index in [2.05, 4.69) is 0 Å². The normalized spacial score (nSPS) is 16.7. The third-order valence-electron chi connectivity index (χ3n) is 3.70. The highest BCUT2D eigenvalue weighted by molar-refractivity contribution is 5.67. The van der Waals surface area contributed by atoms with Crippen molar-refractivity contribution in [1.29, 1.82) is 0 Å². The SMILES string of the molecule is CN(CCCC1CCN(C(=O)O)CC1)C(=O)OC(C)(C)C. The van der Waals surface area contributed by atoms with Crippen molar-refractivity contribution in [2.24, 2.45) is 5.92 Å². The number of likely N-dealkylation sites (tertiary alicyclic amines) is 1. The number of carbonyl (C=O) groups is 2. The van der Waals surface area contributed by atoms with Crippen molar-refractivity contribution in [3.8, 4) is 0 Å². The van der Waals surface area contributed by atoms with Crippen LogP contribution in [0.5, 0.6) is 0 Å². The van der Waals surface area contributed by atoms with Crippen molar-refractivity contribution in [1.82, 2.24) is 9.80 Å². The van der Waals surface area contributed by atoms with Crippen LogP contribution >= 0.6 is 0 Å². The van der Waals surface area contributed by atoms with Crippen LogP contribution in [-0.4, -0.2) is 59.4 Å². The van der Waals surface area contributed by atoms with Gasteiger partial charge >= 0.3 is 12.2 Å². The number of nitrogens with zero attached hydrogens (tertiary/aromatic N) is 2. The average molecular weight is 300 g/mol. The molecule has 0 spiro atoms. The van der Waals surface area contributed by atoms with E-state index in [0.29, 0.717) is 25.6 Å². The largest absolute Gasteiger partial charge is 0.465 e. The van der Waals surface area contributed by atoms with Crippen LogP contribution in [0.4, 0.5) is 9.59 Å². The summed E-state index contributed by atoms with van der Waals surface area (Å²) in [6.45, 7) is 7.50. The molecule has 0 aromatic rings. The topological polar surface area (TPSA) is 70.1 Å². The highest BCUT2D eigenvalue weighted by Gasteiger charge is 2.23. The summed E-state index contributed by atoms with van der Waals surface area (Å²) in [5, 5.41) is 8.90. The van der Waals surface area contributed by atoms with Crippen LogP contribution in [-0.2, 0) is 4.74 Å². The van der Waals surface area contributed by atoms with Gasteiger partial charge in [0.05, 0.1) is 0 Å². The monoisotopic (exact) mass is 300 g/mol. The second kappa shape index (κ2) is 7.52. The molecule has 0 saturated carbocycles. The first kappa shape index (κ1) is 17.6. The molecule has 0 atom stereocenters. The fraction of sp³-hybridized carbons (Fsp3) is 0.867. The molecule has 6 nitrogen and oxygen atoms in total. The molecule has 0 radical (unpaired) electrons. The lowest BCUT2D eigenvalue weighted by Gasteiger charge is -2.30. The number of amides is 2. The van der Waals surface area contributed by atoms with E-state index in [0.717, 1.165) is 25.7 Å². The summed E-state index contributed by atoms with van der Waals surface area (Å²) >= 11 is 0. The van der Waals surface area contributed by atoms with E-state index in [9.17, 15) is 9.59 Å². The number of rotatable bonds is 4. The molecule has 0 aliphatic carbocycles. The molecule has 1 saturated heterocycles. The Morgan fingerprint density at radius 1 is 1.29 bits per heavy atom. The Balaban J connectivity index is 2.19. The van der Waals surface area contributed by atoms with Gasteiger partial charge in [-0.3, -0.25) is 0 Å². The van der Waals surface area contributed by atoms with Crippen molar-refractivity contribution in [2.75, 3.05) is 26.7 Å². The quantitative estimate of drug-likeness (QED) is 0.866. The number of carboxylic acid groups (broad SMARTS) is 1. The Hall–Kier alpha value is -1.46. The molecule has 1 aliphatic rings. The number of ether oxygens (including phenoxy) is 1. The van der Waals surface area contributed by atoms with E-state index in [4.69, 9.17) is 9.84 Å². The van der Waals surface area contributed by atoms with Gasteiger partial charge in [0.15, 0.2) is 0 Å². The van der Waals surface area contributed by atoms with E-state index in [1.807, 2.05) is 20.8 Å². The minimum Gasteiger partial charge on any atom is -0.465 e. The van der Waals surface area contributed by atoms with Gasteiger partial charge in [0.2, 0.25) is 0 Å². The second-order valence-corrected chi connectivity index (χ2v) is 6.76. The van der Waals surface area contributed by atoms with Crippen LogP contribution in [0.25, 0.3) is 0 Å². The number of hydrogen-bond acceptors (Lipinski definition) is 3. The third kappa shape index (κ3) is 6.69. The Labute approximate surface area is 127 Å². The first-order valence-electron chi connectivity index (χ1n) is 7.61. The maximum Gasteiger partial charge on any atom is 0.410 e. The lowest BCUT2D eigenvalue weighted by Crippen LogP contribution is -2.38. The molecule has 0 bridgehead atoms. The summed E-state index contributed by atoms with van der Waals surface area (Å²) in [5.41, 5.74) is -0.463. The van der Waals surface area contributed by atoms with Crippen LogP contribution in [0.1, 0.15) is 46.5 Å². The average Bonchev–Trinajstić information content (AvgIpc) is 2.37. The first-order chi connectivity index (χ1) is 9.69. The summed E-state index contributed by atoms with van der Waals surface area (Å²) in [6, 6.07) is 0. The van der Waals surface area contributed by atoms with Crippen LogP contribution < -0.4 is 0 Å².